The fourth-order valence-corrected chi connectivity index (χ4v) is 2.04. The van der Waals surface area contributed by atoms with E-state index in [0.717, 1.165) is 5.52 Å². The van der Waals surface area contributed by atoms with Crippen molar-refractivity contribution in [2.45, 2.75) is 52.5 Å². The molecule has 0 saturated heterocycles. The Morgan fingerprint density at radius 2 is 1.65 bits per heavy atom. The lowest BCUT2D eigenvalue weighted by Gasteiger charge is -2.20. The zero-order valence-electron chi connectivity index (χ0n) is 11.7. The second-order valence-electron chi connectivity index (χ2n) is 6.73. The van der Waals surface area contributed by atoms with E-state index in [1.54, 1.807) is 0 Å². The van der Waals surface area contributed by atoms with Crippen molar-refractivity contribution in [1.82, 2.24) is 9.78 Å². The average Bonchev–Trinajstić information content (AvgIpc) is 2.57. The number of hydrogen-bond acceptors (Lipinski definition) is 1. The van der Waals surface area contributed by atoms with Crippen molar-refractivity contribution in [2.24, 2.45) is 0 Å². The molecule has 1 heterocycles. The van der Waals surface area contributed by atoms with Crippen molar-refractivity contribution in [3.63, 3.8) is 0 Å². The van der Waals surface area contributed by atoms with Crippen LogP contribution in [-0.2, 0) is 11.0 Å². The van der Waals surface area contributed by atoms with Gasteiger partial charge >= 0.3 is 0 Å². The Balaban J connectivity index is 2.70. The van der Waals surface area contributed by atoms with Crippen LogP contribution in [0.2, 0.25) is 0 Å². The van der Waals surface area contributed by atoms with Gasteiger partial charge in [0, 0.05) is 11.6 Å². The van der Waals surface area contributed by atoms with Crippen molar-refractivity contribution in [3.8, 4) is 0 Å². The Kier molecular flexibility index (Phi) is 2.57. The maximum atomic E-state index is 4.67. The molecule has 2 rings (SSSR count). The molecule has 1 aromatic heterocycles. The molecule has 0 fully saturated rings. The molecule has 0 N–H and O–H groups in total. The monoisotopic (exact) mass is 230 g/mol. The Morgan fingerprint density at radius 3 is 2.18 bits per heavy atom. The van der Waals surface area contributed by atoms with E-state index in [-0.39, 0.29) is 11.0 Å². The van der Waals surface area contributed by atoms with Crippen LogP contribution in [0, 0.1) is 0 Å². The molecule has 0 saturated carbocycles. The summed E-state index contributed by atoms with van der Waals surface area (Å²) in [5, 5.41) is 5.95. The van der Waals surface area contributed by atoms with Crippen LogP contribution in [-0.4, -0.2) is 9.78 Å². The van der Waals surface area contributed by atoms with Crippen molar-refractivity contribution >= 4 is 10.9 Å². The van der Waals surface area contributed by atoms with Gasteiger partial charge in [0.1, 0.15) is 0 Å². The summed E-state index contributed by atoms with van der Waals surface area (Å²) in [6.45, 7) is 13.3. The second-order valence-corrected chi connectivity index (χ2v) is 6.73. The standard InChI is InChI=1S/C15H22N2/c1-14(2,3)12-8-7-9-13-11(12)10-17(16-13)15(4,5)6/h7-10H,1-6H3. The highest BCUT2D eigenvalue weighted by Crippen LogP contribution is 2.30. The smallest absolute Gasteiger partial charge is 0.0926 e. The second kappa shape index (κ2) is 3.59. The third-order valence-electron chi connectivity index (χ3n) is 3.05. The Labute approximate surface area is 104 Å². The first-order valence-corrected chi connectivity index (χ1v) is 6.19. The van der Waals surface area contributed by atoms with Gasteiger partial charge in [-0.05, 0) is 37.8 Å². The van der Waals surface area contributed by atoms with Crippen LogP contribution in [0.15, 0.2) is 24.4 Å². The van der Waals surface area contributed by atoms with Crippen LogP contribution < -0.4 is 0 Å². The van der Waals surface area contributed by atoms with Crippen LogP contribution in [0.1, 0.15) is 47.1 Å². The van der Waals surface area contributed by atoms with Crippen LogP contribution in [0.25, 0.3) is 10.9 Å². The fraction of sp³-hybridized carbons (Fsp3) is 0.533. The van der Waals surface area contributed by atoms with Crippen molar-refractivity contribution in [3.05, 3.63) is 30.0 Å². The highest BCUT2D eigenvalue weighted by Gasteiger charge is 2.20. The SMILES string of the molecule is CC(C)(C)c1cccc2nn(C(C)(C)C)cc12. The largest absolute Gasteiger partial charge is 0.266 e. The molecule has 0 aliphatic heterocycles. The summed E-state index contributed by atoms with van der Waals surface area (Å²) in [6.07, 6.45) is 2.18. The zero-order valence-corrected chi connectivity index (χ0v) is 11.7. The van der Waals surface area contributed by atoms with Gasteiger partial charge in [-0.25, -0.2) is 0 Å². The maximum absolute atomic E-state index is 4.67. The minimum atomic E-state index is 0.0359. The van der Waals surface area contributed by atoms with Gasteiger partial charge in [-0.3, -0.25) is 4.68 Å². The summed E-state index contributed by atoms with van der Waals surface area (Å²) in [6, 6.07) is 6.40. The van der Waals surface area contributed by atoms with Crippen LogP contribution in [0.4, 0.5) is 0 Å². The zero-order chi connectivity index (χ0) is 12.8. The summed E-state index contributed by atoms with van der Waals surface area (Å²) in [4.78, 5) is 0. The number of rotatable bonds is 0. The van der Waals surface area contributed by atoms with E-state index in [4.69, 9.17) is 0 Å². The van der Waals surface area contributed by atoms with Crippen molar-refractivity contribution < 1.29 is 0 Å². The average molecular weight is 230 g/mol. The Bertz CT molecular complexity index is 536. The topological polar surface area (TPSA) is 17.8 Å². The minimum Gasteiger partial charge on any atom is -0.266 e. The summed E-state index contributed by atoms with van der Waals surface area (Å²) < 4.78 is 2.06. The van der Waals surface area contributed by atoms with Crippen LogP contribution in [0.3, 0.4) is 0 Å². The Morgan fingerprint density at radius 1 is 1.00 bits per heavy atom. The van der Waals surface area contributed by atoms with Gasteiger partial charge in [-0.15, -0.1) is 0 Å². The van der Waals surface area contributed by atoms with Crippen LogP contribution >= 0.6 is 0 Å². The fourth-order valence-electron chi connectivity index (χ4n) is 2.04. The molecule has 2 heteroatoms. The lowest BCUT2D eigenvalue weighted by Crippen LogP contribution is -2.21. The predicted octanol–water partition coefficient (Wildman–Crippen LogP) is 4.09. The van der Waals surface area contributed by atoms with E-state index in [1.165, 1.54) is 10.9 Å². The first-order valence-electron chi connectivity index (χ1n) is 6.19. The van der Waals surface area contributed by atoms with Gasteiger partial charge in [0.25, 0.3) is 0 Å². The molecule has 0 unspecified atom stereocenters. The molecule has 0 aliphatic rings. The molecule has 0 amide bonds. The number of nitrogens with zero attached hydrogens (tertiary/aromatic N) is 2. The summed E-state index contributed by atoms with van der Waals surface area (Å²) in [7, 11) is 0. The third kappa shape index (κ3) is 2.21. The molecule has 0 aliphatic carbocycles. The van der Waals surface area contributed by atoms with E-state index >= 15 is 0 Å². The maximum Gasteiger partial charge on any atom is 0.0926 e. The molecular weight excluding hydrogens is 208 g/mol. The molecule has 2 aromatic rings. The molecule has 0 spiro atoms. The van der Waals surface area contributed by atoms with Crippen molar-refractivity contribution in [2.75, 3.05) is 0 Å². The minimum absolute atomic E-state index is 0.0359. The molecular formula is C15H22N2. The summed E-state index contributed by atoms with van der Waals surface area (Å²) >= 11 is 0. The first kappa shape index (κ1) is 12.2. The molecule has 17 heavy (non-hydrogen) atoms. The first-order chi connectivity index (χ1) is 7.69. The van der Waals surface area contributed by atoms with E-state index in [9.17, 15) is 0 Å². The molecule has 0 atom stereocenters. The highest BCUT2D eigenvalue weighted by atomic mass is 15.3. The molecule has 1 aromatic carbocycles. The van der Waals surface area contributed by atoms with E-state index < -0.39 is 0 Å². The van der Waals surface area contributed by atoms with Gasteiger partial charge in [-0.2, -0.15) is 5.10 Å². The molecule has 0 radical (unpaired) electrons. The van der Waals surface area contributed by atoms with E-state index in [2.05, 4.69) is 75.7 Å². The van der Waals surface area contributed by atoms with Gasteiger partial charge in [0.05, 0.1) is 11.1 Å². The quantitative estimate of drug-likeness (QED) is 0.666. The third-order valence-corrected chi connectivity index (χ3v) is 3.05. The highest BCUT2D eigenvalue weighted by molar-refractivity contribution is 5.82. The predicted molar refractivity (Wildman–Crippen MR) is 73.4 cm³/mol. The number of fused-ring (bicyclic) bond motifs is 1. The normalized spacial score (nSPS) is 13.3. The lowest BCUT2D eigenvalue weighted by atomic mass is 9.85. The van der Waals surface area contributed by atoms with Gasteiger partial charge in [-0.1, -0.05) is 32.9 Å². The van der Waals surface area contributed by atoms with Gasteiger partial charge < -0.3 is 0 Å². The number of aromatic nitrogens is 2. The molecule has 92 valence electrons. The number of benzene rings is 1. The molecule has 0 bridgehead atoms. The van der Waals surface area contributed by atoms with Gasteiger partial charge in [0.15, 0.2) is 0 Å². The van der Waals surface area contributed by atoms with Crippen molar-refractivity contribution in [1.29, 1.82) is 0 Å². The van der Waals surface area contributed by atoms with Crippen LogP contribution in [0.5, 0.6) is 0 Å². The van der Waals surface area contributed by atoms with E-state index in [1.807, 2.05) is 0 Å². The summed E-state index contributed by atoms with van der Waals surface area (Å²) in [5.41, 5.74) is 2.65. The Hall–Kier alpha value is -1.31. The van der Waals surface area contributed by atoms with Gasteiger partial charge in [0.2, 0.25) is 0 Å². The summed E-state index contributed by atoms with van der Waals surface area (Å²) in [5.74, 6) is 0. The lowest BCUT2D eigenvalue weighted by molar-refractivity contribution is 0.358. The number of hydrogen-bond donors (Lipinski definition) is 0. The molecule has 2 nitrogen and oxygen atoms in total. The van der Waals surface area contributed by atoms with E-state index in [0.29, 0.717) is 0 Å².